The van der Waals surface area contributed by atoms with Gasteiger partial charge < -0.3 is 20.1 Å². The quantitative estimate of drug-likeness (QED) is 0.704. The van der Waals surface area contributed by atoms with E-state index >= 15 is 0 Å². The summed E-state index contributed by atoms with van der Waals surface area (Å²) in [4.78, 5) is 11.0. The second kappa shape index (κ2) is 7.75. The van der Waals surface area contributed by atoms with Crippen LogP contribution in [0.15, 0.2) is 24.3 Å². The van der Waals surface area contributed by atoms with E-state index in [-0.39, 0.29) is 11.9 Å². The zero-order valence-electron chi connectivity index (χ0n) is 11.9. The van der Waals surface area contributed by atoms with Gasteiger partial charge in [-0.2, -0.15) is 0 Å². The van der Waals surface area contributed by atoms with Crippen LogP contribution in [0.2, 0.25) is 0 Å². The molecule has 1 atom stereocenters. The Hall–Kier alpha value is -1.75. The molecule has 2 rings (SSSR count). The third-order valence-corrected chi connectivity index (χ3v) is 3.16. The lowest BCUT2D eigenvalue weighted by atomic mass is 10.2. The van der Waals surface area contributed by atoms with Crippen molar-refractivity contribution in [1.82, 2.24) is 10.6 Å². The van der Waals surface area contributed by atoms with Crippen molar-refractivity contribution >= 4 is 5.91 Å². The van der Waals surface area contributed by atoms with E-state index in [1.807, 2.05) is 31.2 Å². The van der Waals surface area contributed by atoms with Gasteiger partial charge >= 0.3 is 0 Å². The summed E-state index contributed by atoms with van der Waals surface area (Å²) in [6.07, 6.45) is 1.56. The van der Waals surface area contributed by atoms with E-state index in [1.54, 1.807) is 0 Å². The van der Waals surface area contributed by atoms with Gasteiger partial charge in [0.15, 0.2) is 11.5 Å². The summed E-state index contributed by atoms with van der Waals surface area (Å²) in [7, 11) is 0. The maximum Gasteiger partial charge on any atom is 0.220 e. The molecule has 1 amide bonds. The average Bonchev–Trinajstić information content (AvgIpc) is 2.86. The molecule has 5 nitrogen and oxygen atoms in total. The molecule has 1 fully saturated rings. The highest BCUT2D eigenvalue weighted by molar-refractivity contribution is 5.78. The molecule has 1 heterocycles. The summed E-state index contributed by atoms with van der Waals surface area (Å²) in [6, 6.07) is 7.93. The van der Waals surface area contributed by atoms with Crippen LogP contribution in [-0.2, 0) is 4.79 Å². The summed E-state index contributed by atoms with van der Waals surface area (Å²) in [5, 5.41) is 6.22. The Morgan fingerprint density at radius 2 is 2.05 bits per heavy atom. The van der Waals surface area contributed by atoms with E-state index in [9.17, 15) is 4.79 Å². The van der Waals surface area contributed by atoms with Crippen LogP contribution in [0.25, 0.3) is 0 Å². The zero-order chi connectivity index (χ0) is 14.2. The third kappa shape index (κ3) is 4.42. The minimum absolute atomic E-state index is 0.152. The van der Waals surface area contributed by atoms with E-state index in [0.717, 1.165) is 31.0 Å². The summed E-state index contributed by atoms with van der Waals surface area (Å²) in [5.74, 6) is 1.70. The van der Waals surface area contributed by atoms with Crippen LogP contribution < -0.4 is 20.1 Å². The lowest BCUT2D eigenvalue weighted by Gasteiger charge is -2.13. The largest absolute Gasteiger partial charge is 0.490 e. The van der Waals surface area contributed by atoms with Crippen LogP contribution >= 0.6 is 0 Å². The molecule has 0 aliphatic carbocycles. The summed E-state index contributed by atoms with van der Waals surface area (Å²) >= 11 is 0. The van der Waals surface area contributed by atoms with Gasteiger partial charge in [0.1, 0.15) is 6.61 Å². The Balaban J connectivity index is 1.64. The summed E-state index contributed by atoms with van der Waals surface area (Å²) < 4.78 is 11.2. The number of nitrogens with one attached hydrogen (secondary N) is 2. The molecule has 2 N–H and O–H groups in total. The van der Waals surface area contributed by atoms with Crippen molar-refractivity contribution in [2.75, 3.05) is 26.3 Å². The molecule has 20 heavy (non-hydrogen) atoms. The Labute approximate surface area is 119 Å². The van der Waals surface area contributed by atoms with Gasteiger partial charge in [0.2, 0.25) is 5.91 Å². The molecule has 1 aliphatic rings. The molecule has 1 saturated heterocycles. The minimum Gasteiger partial charge on any atom is -0.490 e. The topological polar surface area (TPSA) is 59.6 Å². The summed E-state index contributed by atoms with van der Waals surface area (Å²) in [6.45, 7) is 4.69. The van der Waals surface area contributed by atoms with E-state index in [4.69, 9.17) is 9.47 Å². The first-order valence-electron chi connectivity index (χ1n) is 7.14. The first-order chi connectivity index (χ1) is 9.79. The van der Waals surface area contributed by atoms with Gasteiger partial charge in [-0.05, 0) is 25.5 Å². The predicted octanol–water partition coefficient (Wildman–Crippen LogP) is 1.33. The van der Waals surface area contributed by atoms with Crippen molar-refractivity contribution in [2.45, 2.75) is 25.8 Å². The van der Waals surface area contributed by atoms with Crippen molar-refractivity contribution in [3.05, 3.63) is 24.3 Å². The molecule has 110 valence electrons. The molecule has 0 saturated carbocycles. The van der Waals surface area contributed by atoms with Crippen LogP contribution in [-0.4, -0.2) is 38.3 Å². The van der Waals surface area contributed by atoms with Crippen molar-refractivity contribution < 1.29 is 14.3 Å². The molecule has 0 spiro atoms. The Kier molecular flexibility index (Phi) is 5.68. The van der Waals surface area contributed by atoms with Crippen LogP contribution in [0.3, 0.4) is 0 Å². The lowest BCUT2D eigenvalue weighted by Crippen LogP contribution is -2.37. The van der Waals surface area contributed by atoms with Crippen molar-refractivity contribution in [1.29, 1.82) is 0 Å². The van der Waals surface area contributed by atoms with Crippen LogP contribution in [0, 0.1) is 0 Å². The molecule has 0 radical (unpaired) electrons. The normalized spacial score (nSPS) is 17.9. The van der Waals surface area contributed by atoms with E-state index < -0.39 is 0 Å². The minimum atomic E-state index is 0.152. The highest BCUT2D eigenvalue weighted by atomic mass is 16.5. The fraction of sp³-hybridized carbons (Fsp3) is 0.533. The number of rotatable bonds is 8. The molecule has 5 heteroatoms. The Morgan fingerprint density at radius 3 is 2.70 bits per heavy atom. The van der Waals surface area contributed by atoms with Gasteiger partial charge in [-0.25, -0.2) is 0 Å². The van der Waals surface area contributed by atoms with Gasteiger partial charge in [0.25, 0.3) is 0 Å². The highest BCUT2D eigenvalue weighted by Crippen LogP contribution is 2.25. The SMILES string of the molecule is CCOc1ccccc1OCCNCC1CCC(=O)N1. The maximum atomic E-state index is 11.0. The number of carbonyl (C=O) groups excluding carboxylic acids is 1. The van der Waals surface area contributed by atoms with Gasteiger partial charge in [-0.15, -0.1) is 0 Å². The maximum absolute atomic E-state index is 11.0. The number of para-hydroxylation sites is 2. The first-order valence-corrected chi connectivity index (χ1v) is 7.14. The number of hydrogen-bond donors (Lipinski definition) is 2. The fourth-order valence-corrected chi connectivity index (χ4v) is 2.18. The number of carbonyl (C=O) groups is 1. The van der Waals surface area contributed by atoms with Crippen LogP contribution in [0.5, 0.6) is 11.5 Å². The molecular weight excluding hydrogens is 256 g/mol. The first kappa shape index (κ1) is 14.7. The summed E-state index contributed by atoms with van der Waals surface area (Å²) in [5.41, 5.74) is 0. The lowest BCUT2D eigenvalue weighted by molar-refractivity contribution is -0.119. The number of ether oxygens (including phenoxy) is 2. The zero-order valence-corrected chi connectivity index (χ0v) is 11.9. The molecule has 1 aromatic rings. The average molecular weight is 278 g/mol. The predicted molar refractivity (Wildman–Crippen MR) is 77.1 cm³/mol. The number of benzene rings is 1. The van der Waals surface area contributed by atoms with Crippen LogP contribution in [0.1, 0.15) is 19.8 Å². The molecule has 0 bridgehead atoms. The van der Waals surface area contributed by atoms with Crippen molar-refractivity contribution in [3.8, 4) is 11.5 Å². The molecule has 0 aromatic heterocycles. The monoisotopic (exact) mass is 278 g/mol. The van der Waals surface area contributed by atoms with E-state index in [2.05, 4.69) is 10.6 Å². The standard InChI is InChI=1S/C15H22N2O3/c1-2-19-13-5-3-4-6-14(13)20-10-9-16-11-12-7-8-15(18)17-12/h3-6,12,16H,2,7-11H2,1H3,(H,17,18). The van der Waals surface area contributed by atoms with Gasteiger partial charge in [-0.1, -0.05) is 12.1 Å². The number of amides is 1. The second-order valence-electron chi connectivity index (χ2n) is 4.74. The van der Waals surface area contributed by atoms with E-state index in [1.165, 1.54) is 0 Å². The molecule has 1 aromatic carbocycles. The van der Waals surface area contributed by atoms with E-state index in [0.29, 0.717) is 19.6 Å². The van der Waals surface area contributed by atoms with Crippen molar-refractivity contribution in [3.63, 3.8) is 0 Å². The second-order valence-corrected chi connectivity index (χ2v) is 4.74. The van der Waals surface area contributed by atoms with Gasteiger partial charge in [0, 0.05) is 25.6 Å². The molecule has 1 aliphatic heterocycles. The third-order valence-electron chi connectivity index (χ3n) is 3.16. The van der Waals surface area contributed by atoms with Crippen LogP contribution in [0.4, 0.5) is 0 Å². The Morgan fingerprint density at radius 1 is 1.30 bits per heavy atom. The molecular formula is C15H22N2O3. The van der Waals surface area contributed by atoms with Gasteiger partial charge in [-0.3, -0.25) is 4.79 Å². The smallest absolute Gasteiger partial charge is 0.220 e. The Bertz CT molecular complexity index is 437. The van der Waals surface area contributed by atoms with Crippen molar-refractivity contribution in [2.24, 2.45) is 0 Å². The van der Waals surface area contributed by atoms with Gasteiger partial charge in [0.05, 0.1) is 6.61 Å². The number of hydrogen-bond acceptors (Lipinski definition) is 4. The highest BCUT2D eigenvalue weighted by Gasteiger charge is 2.19. The molecule has 1 unspecified atom stereocenters. The fourth-order valence-electron chi connectivity index (χ4n) is 2.18.